The van der Waals surface area contributed by atoms with Crippen LogP contribution in [0.5, 0.6) is 11.5 Å². The highest BCUT2D eigenvalue weighted by molar-refractivity contribution is 6.32. The minimum Gasteiger partial charge on any atom is -0.497 e. The number of benzene rings is 2. The maximum Gasteiger partial charge on any atom is 0.188 e. The molecule has 2 aromatic heterocycles. The van der Waals surface area contributed by atoms with Gasteiger partial charge >= 0.3 is 0 Å². The van der Waals surface area contributed by atoms with Crippen molar-refractivity contribution in [3.63, 3.8) is 0 Å². The second kappa shape index (κ2) is 10.4. The Morgan fingerprint density at radius 3 is 2.79 bits per heavy atom. The molecule has 4 rings (SSSR count). The Morgan fingerprint density at radius 2 is 2.00 bits per heavy atom. The van der Waals surface area contributed by atoms with Crippen LogP contribution in [0.25, 0.3) is 16.7 Å². The highest BCUT2D eigenvalue weighted by Gasteiger charge is 2.11. The summed E-state index contributed by atoms with van der Waals surface area (Å²) in [7, 11) is 5.61. The first kappa shape index (κ1) is 22.6. The van der Waals surface area contributed by atoms with Crippen LogP contribution in [0.3, 0.4) is 0 Å². The van der Waals surface area contributed by atoms with E-state index < -0.39 is 0 Å². The number of rotatable bonds is 9. The third kappa shape index (κ3) is 5.44. The van der Waals surface area contributed by atoms with Crippen molar-refractivity contribution in [1.29, 1.82) is 0 Å². The Hall–Kier alpha value is -3.56. The molecular formula is C23H24ClN7O2. The van der Waals surface area contributed by atoms with Gasteiger partial charge in [-0.2, -0.15) is 10.2 Å². The SMILES string of the molecule is COc1cccc(-n2ncc3c(N=NCc4ccc(OCCN(C)C)c(Cl)c4)ncnc32)c1. The van der Waals surface area contributed by atoms with Crippen LogP contribution in [0.15, 0.2) is 65.2 Å². The normalized spacial score (nSPS) is 11.5. The van der Waals surface area contributed by atoms with E-state index in [1.165, 1.54) is 6.33 Å². The van der Waals surface area contributed by atoms with E-state index in [2.05, 4.69) is 25.3 Å². The van der Waals surface area contributed by atoms with E-state index in [1.807, 2.05) is 61.5 Å². The molecule has 9 nitrogen and oxygen atoms in total. The van der Waals surface area contributed by atoms with E-state index in [4.69, 9.17) is 21.1 Å². The van der Waals surface area contributed by atoms with Gasteiger partial charge < -0.3 is 14.4 Å². The maximum atomic E-state index is 6.35. The summed E-state index contributed by atoms with van der Waals surface area (Å²) in [5.74, 6) is 1.84. The third-order valence-corrected chi connectivity index (χ3v) is 5.15. The molecule has 0 saturated heterocycles. The monoisotopic (exact) mass is 465 g/mol. The summed E-state index contributed by atoms with van der Waals surface area (Å²) in [5.41, 5.74) is 2.38. The zero-order valence-corrected chi connectivity index (χ0v) is 19.4. The molecule has 10 heteroatoms. The number of methoxy groups -OCH3 is 1. The molecule has 170 valence electrons. The molecule has 2 aromatic carbocycles. The summed E-state index contributed by atoms with van der Waals surface area (Å²) in [5, 5.41) is 14.3. The average Bonchev–Trinajstić information content (AvgIpc) is 3.25. The molecule has 0 amide bonds. The van der Waals surface area contributed by atoms with Crippen LogP contribution in [-0.4, -0.2) is 59.0 Å². The molecule has 0 N–H and O–H groups in total. The summed E-state index contributed by atoms with van der Waals surface area (Å²) in [6.07, 6.45) is 3.13. The smallest absolute Gasteiger partial charge is 0.188 e. The van der Waals surface area contributed by atoms with Crippen LogP contribution in [0.2, 0.25) is 5.02 Å². The first-order chi connectivity index (χ1) is 16.0. The summed E-state index contributed by atoms with van der Waals surface area (Å²) >= 11 is 6.35. The Kier molecular flexibility index (Phi) is 7.11. The van der Waals surface area contributed by atoms with E-state index in [0.717, 1.165) is 23.5 Å². The Labute approximate surface area is 196 Å². The van der Waals surface area contributed by atoms with Crippen LogP contribution in [0.1, 0.15) is 5.56 Å². The van der Waals surface area contributed by atoms with Crippen molar-refractivity contribution in [2.45, 2.75) is 6.54 Å². The summed E-state index contributed by atoms with van der Waals surface area (Å²) < 4.78 is 12.7. The molecule has 0 radical (unpaired) electrons. The number of likely N-dealkylation sites (N-methyl/N-ethyl adjacent to an activating group) is 1. The lowest BCUT2D eigenvalue weighted by molar-refractivity contribution is 0.261. The third-order valence-electron chi connectivity index (χ3n) is 4.85. The molecule has 4 aromatic rings. The van der Waals surface area contributed by atoms with Gasteiger partial charge in [-0.25, -0.2) is 14.6 Å². The van der Waals surface area contributed by atoms with Gasteiger partial charge in [-0.15, -0.1) is 5.11 Å². The number of azo groups is 1. The minimum absolute atomic E-state index is 0.354. The van der Waals surface area contributed by atoms with Crippen molar-refractivity contribution in [3.8, 4) is 17.2 Å². The molecule has 0 aliphatic carbocycles. The fourth-order valence-electron chi connectivity index (χ4n) is 3.12. The zero-order chi connectivity index (χ0) is 23.2. The highest BCUT2D eigenvalue weighted by Crippen LogP contribution is 2.27. The van der Waals surface area contributed by atoms with Gasteiger partial charge in [0.2, 0.25) is 0 Å². The number of ether oxygens (including phenoxy) is 2. The molecule has 0 saturated carbocycles. The lowest BCUT2D eigenvalue weighted by atomic mass is 10.2. The summed E-state index contributed by atoms with van der Waals surface area (Å²) in [6.45, 7) is 1.74. The van der Waals surface area contributed by atoms with E-state index in [-0.39, 0.29) is 0 Å². The fraction of sp³-hybridized carbons (Fsp3) is 0.261. The first-order valence-electron chi connectivity index (χ1n) is 10.3. The van der Waals surface area contributed by atoms with Crippen LogP contribution in [0.4, 0.5) is 5.82 Å². The van der Waals surface area contributed by atoms with Gasteiger partial charge in [0.15, 0.2) is 11.5 Å². The maximum absolute atomic E-state index is 6.35. The summed E-state index contributed by atoms with van der Waals surface area (Å²) in [4.78, 5) is 10.7. The van der Waals surface area contributed by atoms with Gasteiger partial charge in [0.05, 0.1) is 35.9 Å². The minimum atomic E-state index is 0.354. The van der Waals surface area contributed by atoms with Crippen molar-refractivity contribution < 1.29 is 9.47 Å². The number of hydrogen-bond donors (Lipinski definition) is 0. The van der Waals surface area contributed by atoms with Crippen molar-refractivity contribution in [1.82, 2.24) is 24.6 Å². The average molecular weight is 466 g/mol. The Morgan fingerprint density at radius 1 is 1.12 bits per heavy atom. The second-order valence-electron chi connectivity index (χ2n) is 7.51. The number of hydrogen-bond acceptors (Lipinski definition) is 8. The zero-order valence-electron chi connectivity index (χ0n) is 18.6. The Bertz CT molecular complexity index is 1270. The summed E-state index contributed by atoms with van der Waals surface area (Å²) in [6, 6.07) is 13.2. The van der Waals surface area contributed by atoms with Gasteiger partial charge in [0, 0.05) is 12.6 Å². The van der Waals surface area contributed by atoms with Crippen molar-refractivity contribution in [2.24, 2.45) is 10.2 Å². The molecule has 0 aliphatic rings. The van der Waals surface area contributed by atoms with Crippen LogP contribution in [0, 0.1) is 0 Å². The van der Waals surface area contributed by atoms with Crippen LogP contribution < -0.4 is 9.47 Å². The van der Waals surface area contributed by atoms with Gasteiger partial charge in [-0.1, -0.05) is 23.7 Å². The quantitative estimate of drug-likeness (QED) is 0.333. The van der Waals surface area contributed by atoms with E-state index in [9.17, 15) is 0 Å². The van der Waals surface area contributed by atoms with Gasteiger partial charge in [0.25, 0.3) is 0 Å². The van der Waals surface area contributed by atoms with E-state index >= 15 is 0 Å². The molecule has 0 bridgehead atoms. The van der Waals surface area contributed by atoms with Crippen molar-refractivity contribution in [2.75, 3.05) is 34.4 Å². The van der Waals surface area contributed by atoms with Gasteiger partial charge in [-0.05, 0) is 43.9 Å². The lowest BCUT2D eigenvalue weighted by Gasteiger charge is -2.12. The molecule has 0 spiro atoms. The molecule has 0 unspecified atom stereocenters. The second-order valence-corrected chi connectivity index (χ2v) is 7.92. The lowest BCUT2D eigenvalue weighted by Crippen LogP contribution is -2.19. The number of halogens is 1. The van der Waals surface area contributed by atoms with Crippen molar-refractivity contribution >= 4 is 28.5 Å². The number of aromatic nitrogens is 4. The van der Waals surface area contributed by atoms with E-state index in [0.29, 0.717) is 40.8 Å². The largest absolute Gasteiger partial charge is 0.497 e. The van der Waals surface area contributed by atoms with Crippen molar-refractivity contribution in [3.05, 3.63) is 65.6 Å². The van der Waals surface area contributed by atoms with E-state index in [1.54, 1.807) is 18.0 Å². The predicted octanol–water partition coefficient (Wildman–Crippen LogP) is 4.70. The molecule has 2 heterocycles. The topological polar surface area (TPSA) is 90.0 Å². The first-order valence-corrected chi connectivity index (χ1v) is 10.7. The van der Waals surface area contributed by atoms with Gasteiger partial charge in [-0.3, -0.25) is 0 Å². The number of fused-ring (bicyclic) bond motifs is 1. The predicted molar refractivity (Wildman–Crippen MR) is 127 cm³/mol. The van der Waals surface area contributed by atoms with Crippen LogP contribution >= 0.6 is 11.6 Å². The molecular weight excluding hydrogens is 442 g/mol. The molecule has 0 fully saturated rings. The molecule has 0 atom stereocenters. The highest BCUT2D eigenvalue weighted by atomic mass is 35.5. The molecule has 33 heavy (non-hydrogen) atoms. The van der Waals surface area contributed by atoms with Gasteiger partial charge in [0.1, 0.15) is 24.4 Å². The number of nitrogens with zero attached hydrogens (tertiary/aromatic N) is 7. The molecule has 0 aliphatic heterocycles. The van der Waals surface area contributed by atoms with Crippen LogP contribution in [-0.2, 0) is 6.54 Å². The standard InChI is InChI=1S/C23H24ClN7O2/c1-30(2)9-10-33-21-8-7-16(11-20(21)24)13-27-29-22-19-14-28-31(23(19)26-15-25-22)17-5-4-6-18(12-17)32-3/h4-8,11-12,14-15H,9-10,13H2,1-3H3. The fourth-order valence-corrected chi connectivity index (χ4v) is 3.38. The Balaban J connectivity index is 1.49.